The van der Waals surface area contributed by atoms with Gasteiger partial charge in [-0.05, 0) is 50.7 Å². The van der Waals surface area contributed by atoms with Crippen LogP contribution in [-0.2, 0) is 19.0 Å². The number of pyridine rings is 1. The maximum atomic E-state index is 12.6. The molecule has 0 amide bonds. The van der Waals surface area contributed by atoms with Crippen LogP contribution in [0.3, 0.4) is 0 Å². The molecular weight excluding hydrogens is 336 g/mol. The molecule has 3 aromatic rings. The van der Waals surface area contributed by atoms with Gasteiger partial charge in [0.1, 0.15) is 5.82 Å². The molecule has 3 heterocycles. The fourth-order valence-electron chi connectivity index (χ4n) is 4.15. The van der Waals surface area contributed by atoms with Crippen LogP contribution in [0, 0.1) is 0 Å². The van der Waals surface area contributed by atoms with Gasteiger partial charge in [-0.1, -0.05) is 30.3 Å². The summed E-state index contributed by atoms with van der Waals surface area (Å²) in [5.41, 5.74) is 2.07. The average molecular weight is 362 g/mol. The third-order valence-electron chi connectivity index (χ3n) is 5.88. The van der Waals surface area contributed by atoms with Gasteiger partial charge >= 0.3 is 0 Å². The van der Waals surface area contributed by atoms with Crippen LogP contribution in [0.1, 0.15) is 18.4 Å². The molecule has 27 heavy (non-hydrogen) atoms. The van der Waals surface area contributed by atoms with Gasteiger partial charge in [0, 0.05) is 37.6 Å². The molecule has 0 bridgehead atoms. The highest BCUT2D eigenvalue weighted by Crippen LogP contribution is 2.37. The molecule has 1 saturated heterocycles. The summed E-state index contributed by atoms with van der Waals surface area (Å²) in [5, 5.41) is 0. The normalized spacial score (nSPS) is 17.1. The molecule has 1 fully saturated rings. The Bertz CT molecular complexity index is 965. The Morgan fingerprint density at radius 1 is 1.00 bits per heavy atom. The lowest BCUT2D eigenvalue weighted by Crippen LogP contribution is -2.43. The number of likely N-dealkylation sites (tertiary alicyclic amines) is 1. The minimum Gasteiger partial charge on any atom is -0.330 e. The molecule has 0 unspecified atom stereocenters. The van der Waals surface area contributed by atoms with Crippen molar-refractivity contribution in [3.63, 3.8) is 0 Å². The molecule has 5 heteroatoms. The number of imidazole rings is 1. The maximum absolute atomic E-state index is 12.6. The summed E-state index contributed by atoms with van der Waals surface area (Å²) in [6.07, 6.45) is 7.78. The van der Waals surface area contributed by atoms with Gasteiger partial charge in [0.15, 0.2) is 0 Å². The van der Waals surface area contributed by atoms with E-state index in [1.54, 1.807) is 24.0 Å². The van der Waals surface area contributed by atoms with Gasteiger partial charge in [-0.15, -0.1) is 0 Å². The lowest BCUT2D eigenvalue weighted by atomic mass is 9.72. The van der Waals surface area contributed by atoms with Gasteiger partial charge in [0.2, 0.25) is 0 Å². The highest BCUT2D eigenvalue weighted by atomic mass is 16.1. The molecule has 5 nitrogen and oxygen atoms in total. The zero-order chi connectivity index (χ0) is 18.9. The van der Waals surface area contributed by atoms with Crippen molar-refractivity contribution in [3.05, 3.63) is 77.0 Å². The van der Waals surface area contributed by atoms with Crippen molar-refractivity contribution in [3.8, 4) is 11.4 Å². The van der Waals surface area contributed by atoms with Crippen LogP contribution >= 0.6 is 0 Å². The summed E-state index contributed by atoms with van der Waals surface area (Å²) in [5.74, 6) is 0.755. The molecule has 1 aliphatic rings. The number of benzene rings is 1. The Kier molecular flexibility index (Phi) is 4.70. The van der Waals surface area contributed by atoms with Crippen molar-refractivity contribution >= 4 is 0 Å². The minimum absolute atomic E-state index is 0.0120. The first-order valence-electron chi connectivity index (χ1n) is 9.50. The summed E-state index contributed by atoms with van der Waals surface area (Å²) in [6.45, 7) is 2.98. The van der Waals surface area contributed by atoms with Gasteiger partial charge in [-0.2, -0.15) is 0 Å². The maximum Gasteiger partial charge on any atom is 0.261 e. The van der Waals surface area contributed by atoms with Crippen LogP contribution in [0.5, 0.6) is 0 Å². The van der Waals surface area contributed by atoms with Gasteiger partial charge in [-0.3, -0.25) is 4.79 Å². The number of hydrogen-bond acceptors (Lipinski definition) is 3. The lowest BCUT2D eigenvalue weighted by Gasteiger charge is -2.41. The SMILES string of the molecule is CN1CCC(Cn2ccnc2-c2cccn(C)c2=O)(c2ccccc2)CC1. The quantitative estimate of drug-likeness (QED) is 0.717. The van der Waals surface area contributed by atoms with Gasteiger partial charge in [0.25, 0.3) is 5.56 Å². The fraction of sp³-hybridized carbons (Fsp3) is 0.364. The largest absolute Gasteiger partial charge is 0.330 e. The van der Waals surface area contributed by atoms with Crippen LogP contribution in [0.15, 0.2) is 65.8 Å². The first-order chi connectivity index (χ1) is 13.1. The molecule has 2 aromatic heterocycles. The van der Waals surface area contributed by atoms with E-state index in [1.807, 2.05) is 18.3 Å². The molecule has 0 radical (unpaired) electrons. The van der Waals surface area contributed by atoms with E-state index in [2.05, 4.69) is 51.8 Å². The molecular formula is C22H26N4O. The molecule has 1 aliphatic heterocycles. The molecule has 0 N–H and O–H groups in total. The predicted molar refractivity (Wildman–Crippen MR) is 108 cm³/mol. The molecule has 0 saturated carbocycles. The first-order valence-corrected chi connectivity index (χ1v) is 9.50. The standard InChI is InChI=1S/C22H26N4O/c1-24-14-10-22(11-15-24,18-7-4-3-5-8-18)17-26-16-12-23-20(26)19-9-6-13-25(2)21(19)27/h3-9,12-13,16H,10-11,14-15,17H2,1-2H3. The van der Waals surface area contributed by atoms with Crippen LogP contribution < -0.4 is 5.56 Å². The van der Waals surface area contributed by atoms with E-state index in [0.29, 0.717) is 5.56 Å². The molecule has 0 aliphatic carbocycles. The molecule has 140 valence electrons. The Morgan fingerprint density at radius 3 is 2.48 bits per heavy atom. The van der Waals surface area contributed by atoms with Gasteiger partial charge < -0.3 is 14.0 Å². The third-order valence-corrected chi connectivity index (χ3v) is 5.88. The minimum atomic E-state index is -0.0120. The number of aryl methyl sites for hydroxylation is 1. The topological polar surface area (TPSA) is 43.1 Å². The molecule has 1 aromatic carbocycles. The van der Waals surface area contributed by atoms with Crippen molar-refractivity contribution < 1.29 is 0 Å². The summed E-state index contributed by atoms with van der Waals surface area (Å²) in [4.78, 5) is 19.5. The zero-order valence-electron chi connectivity index (χ0n) is 16.0. The van der Waals surface area contributed by atoms with E-state index in [9.17, 15) is 4.79 Å². The van der Waals surface area contributed by atoms with E-state index >= 15 is 0 Å². The Hall–Kier alpha value is -2.66. The average Bonchev–Trinajstić information content (AvgIpc) is 3.14. The number of hydrogen-bond donors (Lipinski definition) is 0. The van der Waals surface area contributed by atoms with Gasteiger partial charge in [-0.25, -0.2) is 4.98 Å². The van der Waals surface area contributed by atoms with E-state index in [0.717, 1.165) is 38.3 Å². The predicted octanol–water partition coefficient (Wildman–Crippen LogP) is 2.91. The summed E-state index contributed by atoms with van der Waals surface area (Å²) >= 11 is 0. The van der Waals surface area contributed by atoms with Crippen molar-refractivity contribution in [2.75, 3.05) is 20.1 Å². The van der Waals surface area contributed by atoms with Crippen LogP contribution in [0.2, 0.25) is 0 Å². The Balaban J connectivity index is 1.75. The van der Waals surface area contributed by atoms with E-state index in [-0.39, 0.29) is 11.0 Å². The summed E-state index contributed by atoms with van der Waals surface area (Å²) in [7, 11) is 3.97. The highest BCUT2D eigenvalue weighted by molar-refractivity contribution is 5.54. The zero-order valence-corrected chi connectivity index (χ0v) is 16.0. The first kappa shape index (κ1) is 17.7. The van der Waals surface area contributed by atoms with Crippen molar-refractivity contribution in [1.82, 2.24) is 19.0 Å². The van der Waals surface area contributed by atoms with Crippen molar-refractivity contribution in [2.45, 2.75) is 24.8 Å². The second-order valence-corrected chi connectivity index (χ2v) is 7.67. The Labute approximate surface area is 159 Å². The van der Waals surface area contributed by atoms with Crippen LogP contribution in [0.4, 0.5) is 0 Å². The molecule has 4 rings (SSSR count). The second kappa shape index (κ2) is 7.16. The van der Waals surface area contributed by atoms with Crippen LogP contribution in [0.25, 0.3) is 11.4 Å². The third kappa shape index (κ3) is 3.35. The number of piperidine rings is 1. The second-order valence-electron chi connectivity index (χ2n) is 7.67. The number of aromatic nitrogens is 3. The highest BCUT2D eigenvalue weighted by Gasteiger charge is 2.36. The van der Waals surface area contributed by atoms with E-state index in [4.69, 9.17) is 0 Å². The van der Waals surface area contributed by atoms with Gasteiger partial charge in [0.05, 0.1) is 5.56 Å². The molecule has 0 spiro atoms. The summed E-state index contributed by atoms with van der Waals surface area (Å²) in [6, 6.07) is 14.6. The Morgan fingerprint density at radius 2 is 1.74 bits per heavy atom. The smallest absolute Gasteiger partial charge is 0.261 e. The number of nitrogens with zero attached hydrogens (tertiary/aromatic N) is 4. The van der Waals surface area contributed by atoms with E-state index < -0.39 is 0 Å². The van der Waals surface area contributed by atoms with Crippen molar-refractivity contribution in [2.24, 2.45) is 7.05 Å². The summed E-state index contributed by atoms with van der Waals surface area (Å²) < 4.78 is 3.77. The molecule has 0 atom stereocenters. The van der Waals surface area contributed by atoms with Crippen molar-refractivity contribution in [1.29, 1.82) is 0 Å². The fourth-order valence-corrected chi connectivity index (χ4v) is 4.15. The number of rotatable bonds is 4. The lowest BCUT2D eigenvalue weighted by molar-refractivity contribution is 0.170. The monoisotopic (exact) mass is 362 g/mol. The van der Waals surface area contributed by atoms with E-state index in [1.165, 1.54) is 5.56 Å². The van der Waals surface area contributed by atoms with Crippen LogP contribution in [-0.4, -0.2) is 39.2 Å².